The lowest BCUT2D eigenvalue weighted by molar-refractivity contribution is -0.116. The summed E-state index contributed by atoms with van der Waals surface area (Å²) in [6.45, 7) is 5.69. The van der Waals surface area contributed by atoms with Gasteiger partial charge in [0.15, 0.2) is 0 Å². The van der Waals surface area contributed by atoms with Gasteiger partial charge < -0.3 is 5.32 Å². The van der Waals surface area contributed by atoms with E-state index in [-0.39, 0.29) is 23.9 Å². The van der Waals surface area contributed by atoms with Crippen LogP contribution in [0, 0.1) is 6.92 Å². The van der Waals surface area contributed by atoms with Gasteiger partial charge in [0.25, 0.3) is 5.56 Å². The van der Waals surface area contributed by atoms with Crippen molar-refractivity contribution in [2.24, 2.45) is 0 Å². The largest absolute Gasteiger partial charge is 0.309 e. The predicted molar refractivity (Wildman–Crippen MR) is 80.2 cm³/mol. The van der Waals surface area contributed by atoms with Gasteiger partial charge in [-0.15, -0.1) is 0 Å². The van der Waals surface area contributed by atoms with Crippen LogP contribution in [0.2, 0.25) is 0 Å². The second-order valence-electron chi connectivity index (χ2n) is 5.15. The Balaban J connectivity index is 2.10. The molecule has 0 fully saturated rings. The molecule has 2 aromatic rings. The molecule has 2 rings (SSSR count). The van der Waals surface area contributed by atoms with Crippen LogP contribution in [-0.2, 0) is 11.3 Å². The monoisotopic (exact) mass is 286 g/mol. The molecule has 6 heteroatoms. The second kappa shape index (κ2) is 6.30. The first-order valence-electron chi connectivity index (χ1n) is 6.75. The van der Waals surface area contributed by atoms with E-state index >= 15 is 0 Å². The molecule has 6 nitrogen and oxygen atoms in total. The lowest BCUT2D eigenvalue weighted by atomic mass is 10.1. The van der Waals surface area contributed by atoms with Crippen molar-refractivity contribution in [3.05, 3.63) is 52.3 Å². The number of anilines is 1. The highest BCUT2D eigenvalue weighted by Gasteiger charge is 2.09. The molecular formula is C15H18N4O2. The van der Waals surface area contributed by atoms with E-state index in [9.17, 15) is 9.59 Å². The molecule has 0 atom stereocenters. The third-order valence-corrected chi connectivity index (χ3v) is 3.07. The first-order valence-corrected chi connectivity index (χ1v) is 6.75. The molecule has 0 aliphatic rings. The minimum Gasteiger partial charge on any atom is -0.309 e. The smallest absolute Gasteiger partial charge is 0.254 e. The summed E-state index contributed by atoms with van der Waals surface area (Å²) in [7, 11) is 0. The fourth-order valence-electron chi connectivity index (χ4n) is 1.82. The van der Waals surface area contributed by atoms with Crippen molar-refractivity contribution in [1.82, 2.24) is 14.5 Å². The number of nitrogens with one attached hydrogen (secondary N) is 1. The van der Waals surface area contributed by atoms with Gasteiger partial charge in [-0.25, -0.2) is 9.97 Å². The van der Waals surface area contributed by atoms with Crippen molar-refractivity contribution in [3.8, 4) is 0 Å². The Bertz CT molecular complexity index is 707. The number of rotatable bonds is 4. The first-order chi connectivity index (χ1) is 9.97. The van der Waals surface area contributed by atoms with Gasteiger partial charge in [0.05, 0.1) is 12.0 Å². The van der Waals surface area contributed by atoms with Gasteiger partial charge in [-0.3, -0.25) is 14.2 Å². The molecule has 1 N–H and O–H groups in total. The highest BCUT2D eigenvalue weighted by atomic mass is 16.2. The van der Waals surface area contributed by atoms with Crippen molar-refractivity contribution < 1.29 is 4.79 Å². The van der Waals surface area contributed by atoms with E-state index in [4.69, 9.17) is 0 Å². The van der Waals surface area contributed by atoms with E-state index < -0.39 is 0 Å². The fraction of sp³-hybridized carbons (Fsp3) is 0.333. The van der Waals surface area contributed by atoms with Crippen molar-refractivity contribution in [1.29, 1.82) is 0 Å². The molecule has 1 amide bonds. The molecule has 110 valence electrons. The average Bonchev–Trinajstić information content (AvgIpc) is 2.43. The Morgan fingerprint density at radius 2 is 2.14 bits per heavy atom. The molecule has 0 bridgehead atoms. The molecule has 0 unspecified atom stereocenters. The summed E-state index contributed by atoms with van der Waals surface area (Å²) in [5.41, 5.74) is 1.35. The van der Waals surface area contributed by atoms with E-state index in [0.717, 1.165) is 11.3 Å². The zero-order valence-corrected chi connectivity index (χ0v) is 12.3. The SMILES string of the molecule is Cc1cccnc1NC(=O)Cn1cnc(C(C)C)cc1=O. The fourth-order valence-corrected chi connectivity index (χ4v) is 1.82. The van der Waals surface area contributed by atoms with Crippen LogP contribution in [0.1, 0.15) is 31.0 Å². The van der Waals surface area contributed by atoms with Crippen LogP contribution >= 0.6 is 0 Å². The minimum absolute atomic E-state index is 0.0831. The molecular weight excluding hydrogens is 268 g/mol. The normalized spacial score (nSPS) is 10.7. The van der Waals surface area contributed by atoms with Gasteiger partial charge in [-0.1, -0.05) is 19.9 Å². The van der Waals surface area contributed by atoms with Crippen LogP contribution in [0.5, 0.6) is 0 Å². The number of hydrogen-bond donors (Lipinski definition) is 1. The topological polar surface area (TPSA) is 76.9 Å². The number of nitrogens with zero attached hydrogens (tertiary/aromatic N) is 3. The Kier molecular flexibility index (Phi) is 4.47. The lowest BCUT2D eigenvalue weighted by Crippen LogP contribution is -2.28. The van der Waals surface area contributed by atoms with Gasteiger partial charge >= 0.3 is 0 Å². The number of carbonyl (C=O) groups is 1. The van der Waals surface area contributed by atoms with Gasteiger partial charge in [-0.05, 0) is 24.5 Å². The number of carbonyl (C=O) groups excluding carboxylic acids is 1. The molecule has 0 spiro atoms. The molecule has 0 saturated carbocycles. The molecule has 0 aliphatic carbocycles. The van der Waals surface area contributed by atoms with Crippen molar-refractivity contribution in [2.45, 2.75) is 33.2 Å². The first kappa shape index (κ1) is 14.9. The van der Waals surface area contributed by atoms with E-state index in [0.29, 0.717) is 5.82 Å². The predicted octanol–water partition coefficient (Wildman–Crippen LogP) is 1.71. The summed E-state index contributed by atoms with van der Waals surface area (Å²) in [5.74, 6) is 0.373. The van der Waals surface area contributed by atoms with Gasteiger partial charge in [-0.2, -0.15) is 0 Å². The van der Waals surface area contributed by atoms with Crippen LogP contribution in [0.3, 0.4) is 0 Å². The number of aryl methyl sites for hydroxylation is 1. The molecule has 0 aromatic carbocycles. The van der Waals surface area contributed by atoms with Crippen LogP contribution in [0.15, 0.2) is 35.5 Å². The number of amides is 1. The van der Waals surface area contributed by atoms with Gasteiger partial charge in [0.1, 0.15) is 12.4 Å². The Morgan fingerprint density at radius 1 is 1.38 bits per heavy atom. The summed E-state index contributed by atoms with van der Waals surface area (Å²) >= 11 is 0. The van der Waals surface area contributed by atoms with Crippen LogP contribution < -0.4 is 10.9 Å². The Hall–Kier alpha value is -2.50. The third kappa shape index (κ3) is 3.75. The maximum Gasteiger partial charge on any atom is 0.254 e. The maximum atomic E-state index is 12.0. The standard InChI is InChI=1S/C15H18N4O2/c1-10(2)12-7-14(21)19(9-17-12)8-13(20)18-15-11(3)5-4-6-16-15/h4-7,9-10H,8H2,1-3H3,(H,16,18,20). The van der Waals surface area contributed by atoms with E-state index in [2.05, 4.69) is 15.3 Å². The molecule has 2 heterocycles. The minimum atomic E-state index is -0.307. The molecule has 0 radical (unpaired) electrons. The quantitative estimate of drug-likeness (QED) is 0.928. The molecule has 0 saturated heterocycles. The zero-order valence-electron chi connectivity index (χ0n) is 12.3. The number of hydrogen-bond acceptors (Lipinski definition) is 4. The van der Waals surface area contributed by atoms with Crippen LogP contribution in [0.4, 0.5) is 5.82 Å². The third-order valence-electron chi connectivity index (χ3n) is 3.07. The summed E-state index contributed by atoms with van der Waals surface area (Å²) < 4.78 is 1.28. The summed E-state index contributed by atoms with van der Waals surface area (Å²) in [6, 6.07) is 5.11. The van der Waals surface area contributed by atoms with E-state index in [1.807, 2.05) is 26.8 Å². The van der Waals surface area contributed by atoms with Crippen molar-refractivity contribution >= 4 is 11.7 Å². The maximum absolute atomic E-state index is 12.0. The van der Waals surface area contributed by atoms with E-state index in [1.165, 1.54) is 17.0 Å². The van der Waals surface area contributed by atoms with Gasteiger partial charge in [0.2, 0.25) is 5.91 Å². The second-order valence-corrected chi connectivity index (χ2v) is 5.15. The Morgan fingerprint density at radius 3 is 2.76 bits per heavy atom. The average molecular weight is 286 g/mol. The van der Waals surface area contributed by atoms with Crippen LogP contribution in [-0.4, -0.2) is 20.4 Å². The number of pyridine rings is 1. The summed E-state index contributed by atoms with van der Waals surface area (Å²) in [5, 5.41) is 2.69. The van der Waals surface area contributed by atoms with Crippen molar-refractivity contribution in [3.63, 3.8) is 0 Å². The number of aromatic nitrogens is 3. The lowest BCUT2D eigenvalue weighted by Gasteiger charge is -2.09. The van der Waals surface area contributed by atoms with Gasteiger partial charge in [0, 0.05) is 12.3 Å². The van der Waals surface area contributed by atoms with Crippen LogP contribution in [0.25, 0.3) is 0 Å². The molecule has 2 aromatic heterocycles. The van der Waals surface area contributed by atoms with E-state index in [1.54, 1.807) is 12.3 Å². The highest BCUT2D eigenvalue weighted by Crippen LogP contribution is 2.09. The molecule has 21 heavy (non-hydrogen) atoms. The summed E-state index contributed by atoms with van der Waals surface area (Å²) in [6.07, 6.45) is 3.01. The van der Waals surface area contributed by atoms with Crippen molar-refractivity contribution in [2.75, 3.05) is 5.32 Å². The highest BCUT2D eigenvalue weighted by molar-refractivity contribution is 5.90. The molecule has 0 aliphatic heterocycles. The zero-order chi connectivity index (χ0) is 15.4. The Labute approximate surface area is 122 Å². The summed E-state index contributed by atoms with van der Waals surface area (Å²) in [4.78, 5) is 32.2.